The van der Waals surface area contributed by atoms with E-state index in [2.05, 4.69) is 5.32 Å². The van der Waals surface area contributed by atoms with Gasteiger partial charge in [0.15, 0.2) is 0 Å². The predicted octanol–water partition coefficient (Wildman–Crippen LogP) is 2.58. The Morgan fingerprint density at radius 2 is 1.77 bits per heavy atom. The van der Waals surface area contributed by atoms with Crippen molar-refractivity contribution in [3.05, 3.63) is 64.7 Å². The summed E-state index contributed by atoms with van der Waals surface area (Å²) in [6.07, 6.45) is 1.02. The van der Waals surface area contributed by atoms with Gasteiger partial charge in [-0.05, 0) is 37.6 Å². The molecule has 2 amide bonds. The molecule has 0 bridgehead atoms. The van der Waals surface area contributed by atoms with Gasteiger partial charge in [-0.15, -0.1) is 0 Å². The fourth-order valence-corrected chi connectivity index (χ4v) is 3.95. The first-order valence-corrected chi connectivity index (χ1v) is 11.6. The minimum atomic E-state index is -3.77. The maximum Gasteiger partial charge on any atom is 0.244 e. The van der Waals surface area contributed by atoms with Crippen molar-refractivity contribution in [3.8, 4) is 0 Å². The number of carbonyl (C=O) groups excluding carboxylic acids is 2. The molecule has 2 aromatic carbocycles. The molecule has 0 aliphatic heterocycles. The van der Waals surface area contributed by atoms with Gasteiger partial charge in [-0.2, -0.15) is 0 Å². The van der Waals surface area contributed by atoms with Crippen molar-refractivity contribution < 1.29 is 18.0 Å². The lowest BCUT2D eigenvalue weighted by molar-refractivity contribution is -0.139. The third-order valence-corrected chi connectivity index (χ3v) is 6.04. The van der Waals surface area contributed by atoms with Gasteiger partial charge >= 0.3 is 0 Å². The van der Waals surface area contributed by atoms with Crippen LogP contribution in [0.4, 0.5) is 5.69 Å². The highest BCUT2D eigenvalue weighted by molar-refractivity contribution is 7.92. The number of hydrogen-bond donors (Lipinski definition) is 1. The number of aryl methyl sites for hydroxylation is 1. The van der Waals surface area contributed by atoms with E-state index in [0.717, 1.165) is 21.7 Å². The standard InChI is InChI=1S/C21H26ClN3O4S/c1-15-8-10-17(11-9-15)13-24(16(2)21(27)23-3)20(26)14-25(30(4,28)29)19-7-5-6-18(22)12-19/h5-12,16H,13-14H2,1-4H3,(H,23,27)/t16-/m0/s1. The van der Waals surface area contributed by atoms with Crippen LogP contribution in [0.5, 0.6) is 0 Å². The molecule has 0 spiro atoms. The highest BCUT2D eigenvalue weighted by Crippen LogP contribution is 2.22. The number of likely N-dealkylation sites (N-methyl/N-ethyl adjacent to an activating group) is 1. The van der Waals surface area contributed by atoms with Gasteiger partial charge in [0, 0.05) is 18.6 Å². The van der Waals surface area contributed by atoms with Gasteiger partial charge in [-0.25, -0.2) is 8.42 Å². The second-order valence-corrected chi connectivity index (χ2v) is 9.39. The summed E-state index contributed by atoms with van der Waals surface area (Å²) in [5.41, 5.74) is 2.18. The molecule has 0 aliphatic carbocycles. The summed E-state index contributed by atoms with van der Waals surface area (Å²) >= 11 is 6.00. The Morgan fingerprint density at radius 1 is 1.13 bits per heavy atom. The van der Waals surface area contributed by atoms with Crippen LogP contribution in [-0.4, -0.2) is 51.0 Å². The summed E-state index contributed by atoms with van der Waals surface area (Å²) in [4.78, 5) is 26.8. The molecule has 0 unspecified atom stereocenters. The van der Waals surface area contributed by atoms with Crippen LogP contribution >= 0.6 is 11.6 Å². The number of amides is 2. The molecule has 1 atom stereocenters. The number of halogens is 1. The van der Waals surface area contributed by atoms with E-state index in [1.165, 1.54) is 18.0 Å². The number of nitrogens with zero attached hydrogens (tertiary/aromatic N) is 2. The molecule has 30 heavy (non-hydrogen) atoms. The Bertz CT molecular complexity index is 1010. The highest BCUT2D eigenvalue weighted by Gasteiger charge is 2.29. The topological polar surface area (TPSA) is 86.8 Å². The van der Waals surface area contributed by atoms with Gasteiger partial charge in [-0.3, -0.25) is 13.9 Å². The summed E-state index contributed by atoms with van der Waals surface area (Å²) in [7, 11) is -2.28. The van der Waals surface area contributed by atoms with Crippen LogP contribution in [-0.2, 0) is 26.2 Å². The number of benzene rings is 2. The third kappa shape index (κ3) is 6.21. The van der Waals surface area contributed by atoms with Crippen LogP contribution < -0.4 is 9.62 Å². The molecule has 1 N–H and O–H groups in total. The number of nitrogens with one attached hydrogen (secondary N) is 1. The first kappa shape index (κ1) is 23.7. The van der Waals surface area contributed by atoms with E-state index in [1.807, 2.05) is 31.2 Å². The molecule has 0 saturated heterocycles. The summed E-state index contributed by atoms with van der Waals surface area (Å²) in [5, 5.41) is 2.89. The van der Waals surface area contributed by atoms with Gasteiger partial charge in [0.25, 0.3) is 0 Å². The lowest BCUT2D eigenvalue weighted by Crippen LogP contribution is -2.50. The molecule has 2 rings (SSSR count). The largest absolute Gasteiger partial charge is 0.357 e. The zero-order valence-electron chi connectivity index (χ0n) is 17.4. The third-order valence-electron chi connectivity index (χ3n) is 4.66. The summed E-state index contributed by atoms with van der Waals surface area (Å²) in [6.45, 7) is 3.27. The molecular formula is C21H26ClN3O4S. The Kier molecular flexibility index (Phi) is 7.86. The zero-order valence-corrected chi connectivity index (χ0v) is 19.0. The molecule has 7 nitrogen and oxygen atoms in total. The van der Waals surface area contributed by atoms with Crippen molar-refractivity contribution in [1.29, 1.82) is 0 Å². The van der Waals surface area contributed by atoms with Gasteiger partial charge < -0.3 is 10.2 Å². The van der Waals surface area contributed by atoms with E-state index in [-0.39, 0.29) is 18.1 Å². The van der Waals surface area contributed by atoms with Crippen molar-refractivity contribution in [3.63, 3.8) is 0 Å². The SMILES string of the molecule is CNC(=O)[C@H](C)N(Cc1ccc(C)cc1)C(=O)CN(c1cccc(Cl)c1)S(C)(=O)=O. The normalized spacial score (nSPS) is 12.2. The van der Waals surface area contributed by atoms with E-state index in [4.69, 9.17) is 11.6 Å². The average molecular weight is 452 g/mol. The maximum absolute atomic E-state index is 13.2. The molecule has 9 heteroatoms. The van der Waals surface area contributed by atoms with E-state index in [9.17, 15) is 18.0 Å². The monoisotopic (exact) mass is 451 g/mol. The number of hydrogen-bond acceptors (Lipinski definition) is 4. The van der Waals surface area contributed by atoms with Crippen molar-refractivity contribution in [2.45, 2.75) is 26.4 Å². The van der Waals surface area contributed by atoms with Crippen LogP contribution in [0.15, 0.2) is 48.5 Å². The summed E-state index contributed by atoms with van der Waals surface area (Å²) in [6, 6.07) is 13.0. The average Bonchev–Trinajstić information content (AvgIpc) is 2.69. The molecule has 162 valence electrons. The molecule has 0 fully saturated rings. The lowest BCUT2D eigenvalue weighted by Gasteiger charge is -2.31. The minimum absolute atomic E-state index is 0.168. The fourth-order valence-electron chi connectivity index (χ4n) is 2.93. The zero-order chi connectivity index (χ0) is 22.5. The molecule has 0 radical (unpaired) electrons. The molecule has 2 aromatic rings. The van der Waals surface area contributed by atoms with Crippen LogP contribution in [0.3, 0.4) is 0 Å². The van der Waals surface area contributed by atoms with Gasteiger partial charge in [0.05, 0.1) is 11.9 Å². The first-order valence-electron chi connectivity index (χ1n) is 9.33. The first-order chi connectivity index (χ1) is 14.0. The van der Waals surface area contributed by atoms with Crippen molar-refractivity contribution in [2.24, 2.45) is 0 Å². The predicted molar refractivity (Wildman–Crippen MR) is 119 cm³/mol. The number of sulfonamides is 1. The highest BCUT2D eigenvalue weighted by atomic mass is 35.5. The van der Waals surface area contributed by atoms with Crippen LogP contribution in [0.25, 0.3) is 0 Å². The number of rotatable bonds is 8. The summed E-state index contributed by atoms with van der Waals surface area (Å²) < 4.78 is 25.8. The second kappa shape index (κ2) is 9.95. The van der Waals surface area contributed by atoms with Crippen molar-refractivity contribution in [2.75, 3.05) is 24.2 Å². The number of carbonyl (C=O) groups is 2. The van der Waals surface area contributed by atoms with Crippen LogP contribution in [0.2, 0.25) is 5.02 Å². The van der Waals surface area contributed by atoms with Gasteiger partial charge in [-0.1, -0.05) is 47.5 Å². The molecule has 0 heterocycles. The van der Waals surface area contributed by atoms with Crippen LogP contribution in [0, 0.1) is 6.92 Å². The Hall–Kier alpha value is -2.58. The minimum Gasteiger partial charge on any atom is -0.357 e. The van der Waals surface area contributed by atoms with E-state index in [0.29, 0.717) is 5.02 Å². The Labute approximate surface area is 182 Å². The second-order valence-electron chi connectivity index (χ2n) is 7.05. The lowest BCUT2D eigenvalue weighted by atomic mass is 10.1. The summed E-state index contributed by atoms with van der Waals surface area (Å²) in [5.74, 6) is -0.846. The molecular weight excluding hydrogens is 426 g/mol. The van der Waals surface area contributed by atoms with Crippen molar-refractivity contribution >= 4 is 39.1 Å². The molecule has 0 aliphatic rings. The maximum atomic E-state index is 13.2. The fraction of sp³-hybridized carbons (Fsp3) is 0.333. The quantitative estimate of drug-likeness (QED) is 0.668. The number of anilines is 1. The van der Waals surface area contributed by atoms with E-state index >= 15 is 0 Å². The molecule has 0 saturated carbocycles. The van der Waals surface area contributed by atoms with Crippen LogP contribution in [0.1, 0.15) is 18.1 Å². The van der Waals surface area contributed by atoms with E-state index < -0.39 is 28.5 Å². The Balaban J connectivity index is 2.36. The van der Waals surface area contributed by atoms with Crippen molar-refractivity contribution in [1.82, 2.24) is 10.2 Å². The smallest absolute Gasteiger partial charge is 0.244 e. The van der Waals surface area contributed by atoms with E-state index in [1.54, 1.807) is 25.1 Å². The van der Waals surface area contributed by atoms with Gasteiger partial charge in [0.2, 0.25) is 21.8 Å². The Morgan fingerprint density at radius 3 is 2.30 bits per heavy atom. The van der Waals surface area contributed by atoms with Gasteiger partial charge in [0.1, 0.15) is 12.6 Å². The molecule has 0 aromatic heterocycles.